The van der Waals surface area contributed by atoms with Crippen molar-refractivity contribution in [3.05, 3.63) is 25.6 Å². The van der Waals surface area contributed by atoms with Crippen LogP contribution in [-0.4, -0.2) is 9.97 Å². The van der Waals surface area contributed by atoms with Gasteiger partial charge < -0.3 is 4.98 Å². The molecular formula is C7H4I2N2. The van der Waals surface area contributed by atoms with Crippen LogP contribution in [0, 0.1) is 7.14 Å². The van der Waals surface area contributed by atoms with Crippen LogP contribution in [0.5, 0.6) is 0 Å². The summed E-state index contributed by atoms with van der Waals surface area (Å²) in [4.78, 5) is 7.23. The minimum absolute atomic E-state index is 1.04. The highest BCUT2D eigenvalue weighted by molar-refractivity contribution is 14.1. The molecule has 0 atom stereocenters. The first-order valence-electron chi connectivity index (χ1n) is 3.05. The first kappa shape index (κ1) is 7.78. The quantitative estimate of drug-likeness (QED) is 0.711. The van der Waals surface area contributed by atoms with Crippen molar-refractivity contribution in [1.82, 2.24) is 9.97 Å². The van der Waals surface area contributed by atoms with Crippen molar-refractivity contribution in [1.29, 1.82) is 0 Å². The Labute approximate surface area is 91.1 Å². The summed E-state index contributed by atoms with van der Waals surface area (Å²) in [6.45, 7) is 0. The van der Waals surface area contributed by atoms with Gasteiger partial charge in [-0.05, 0) is 57.3 Å². The predicted molar refractivity (Wildman–Crippen MR) is 61.5 cm³/mol. The van der Waals surface area contributed by atoms with Gasteiger partial charge in [0.05, 0.1) is 17.4 Å². The second-order valence-corrected chi connectivity index (χ2v) is 4.51. The van der Waals surface area contributed by atoms with Gasteiger partial charge >= 0.3 is 0 Å². The standard InChI is InChI=1S/C7H4I2N2/c8-4-1-6-7(2-5(4)9)11-3-10-6/h1-3H,(H,10,11). The third kappa shape index (κ3) is 1.37. The molecule has 2 rings (SSSR count). The summed E-state index contributed by atoms with van der Waals surface area (Å²) in [6.07, 6.45) is 1.72. The molecule has 0 amide bonds. The molecule has 1 aromatic carbocycles. The number of nitrogens with one attached hydrogen (secondary N) is 1. The van der Waals surface area contributed by atoms with Crippen molar-refractivity contribution >= 4 is 56.2 Å². The number of nitrogens with zero attached hydrogens (tertiary/aromatic N) is 1. The Bertz CT molecular complexity index is 358. The fourth-order valence-electron chi connectivity index (χ4n) is 0.930. The number of benzene rings is 1. The first-order valence-corrected chi connectivity index (χ1v) is 5.21. The van der Waals surface area contributed by atoms with E-state index in [1.165, 1.54) is 7.14 Å². The summed E-state index contributed by atoms with van der Waals surface area (Å²) >= 11 is 4.62. The van der Waals surface area contributed by atoms with Crippen LogP contribution in [0.25, 0.3) is 11.0 Å². The molecule has 0 aliphatic heterocycles. The van der Waals surface area contributed by atoms with E-state index in [0.717, 1.165) is 11.0 Å². The zero-order valence-corrected chi connectivity index (χ0v) is 9.75. The van der Waals surface area contributed by atoms with E-state index in [9.17, 15) is 0 Å². The van der Waals surface area contributed by atoms with Crippen molar-refractivity contribution in [3.63, 3.8) is 0 Å². The maximum Gasteiger partial charge on any atom is 0.0931 e. The van der Waals surface area contributed by atoms with Crippen LogP contribution in [0.15, 0.2) is 18.5 Å². The van der Waals surface area contributed by atoms with Gasteiger partial charge in [-0.1, -0.05) is 0 Å². The van der Waals surface area contributed by atoms with Crippen molar-refractivity contribution in [2.24, 2.45) is 0 Å². The molecule has 1 aromatic heterocycles. The fraction of sp³-hybridized carbons (Fsp3) is 0. The molecule has 0 aliphatic rings. The van der Waals surface area contributed by atoms with E-state index < -0.39 is 0 Å². The van der Waals surface area contributed by atoms with Gasteiger partial charge in [0.1, 0.15) is 0 Å². The van der Waals surface area contributed by atoms with E-state index in [-0.39, 0.29) is 0 Å². The molecule has 11 heavy (non-hydrogen) atoms. The molecule has 0 saturated heterocycles. The Balaban J connectivity index is 2.86. The number of hydrogen-bond acceptors (Lipinski definition) is 1. The summed E-state index contributed by atoms with van der Waals surface area (Å²) in [6, 6.07) is 4.18. The lowest BCUT2D eigenvalue weighted by atomic mass is 10.3. The maximum absolute atomic E-state index is 4.16. The second-order valence-electron chi connectivity index (χ2n) is 2.19. The van der Waals surface area contributed by atoms with Crippen LogP contribution in [0.1, 0.15) is 0 Å². The van der Waals surface area contributed by atoms with Crippen molar-refractivity contribution < 1.29 is 0 Å². The van der Waals surface area contributed by atoms with Gasteiger partial charge in [-0.25, -0.2) is 4.98 Å². The van der Waals surface area contributed by atoms with Crippen molar-refractivity contribution in [2.45, 2.75) is 0 Å². The fourth-order valence-corrected chi connectivity index (χ4v) is 1.85. The topological polar surface area (TPSA) is 28.7 Å². The Kier molecular flexibility index (Phi) is 2.04. The van der Waals surface area contributed by atoms with Gasteiger partial charge in [-0.2, -0.15) is 0 Å². The van der Waals surface area contributed by atoms with Gasteiger partial charge in [0.2, 0.25) is 0 Å². The lowest BCUT2D eigenvalue weighted by molar-refractivity contribution is 1.34. The Morgan fingerprint density at radius 1 is 1.18 bits per heavy atom. The molecule has 0 unspecified atom stereocenters. The normalized spacial score (nSPS) is 10.7. The number of hydrogen-bond donors (Lipinski definition) is 1. The molecular weight excluding hydrogens is 366 g/mol. The molecule has 2 nitrogen and oxygen atoms in total. The Morgan fingerprint density at radius 3 is 2.73 bits per heavy atom. The third-order valence-corrected chi connectivity index (χ3v) is 4.28. The van der Waals surface area contributed by atoms with Gasteiger partial charge in [-0.15, -0.1) is 0 Å². The highest BCUT2D eigenvalue weighted by atomic mass is 127. The highest BCUT2D eigenvalue weighted by Crippen LogP contribution is 2.20. The van der Waals surface area contributed by atoms with E-state index in [2.05, 4.69) is 67.3 Å². The Hall–Kier alpha value is 0.150. The summed E-state index contributed by atoms with van der Waals surface area (Å²) in [5.41, 5.74) is 2.14. The van der Waals surface area contributed by atoms with Gasteiger partial charge in [0.15, 0.2) is 0 Å². The zero-order valence-electron chi connectivity index (χ0n) is 5.44. The van der Waals surface area contributed by atoms with E-state index >= 15 is 0 Å². The SMILES string of the molecule is Ic1cc2nc[nH]c2cc1I. The molecule has 2 aromatic rings. The number of imidazole rings is 1. The van der Waals surface area contributed by atoms with E-state index in [4.69, 9.17) is 0 Å². The van der Waals surface area contributed by atoms with Crippen molar-refractivity contribution in [2.75, 3.05) is 0 Å². The number of aromatic nitrogens is 2. The van der Waals surface area contributed by atoms with Gasteiger partial charge in [0, 0.05) is 7.14 Å². The van der Waals surface area contributed by atoms with Crippen LogP contribution in [-0.2, 0) is 0 Å². The molecule has 0 fully saturated rings. The first-order chi connectivity index (χ1) is 5.27. The lowest BCUT2D eigenvalue weighted by Gasteiger charge is -1.94. The largest absolute Gasteiger partial charge is 0.345 e. The molecule has 0 bridgehead atoms. The van der Waals surface area contributed by atoms with Crippen molar-refractivity contribution in [3.8, 4) is 0 Å². The number of halogens is 2. The summed E-state index contributed by atoms with van der Waals surface area (Å²) < 4.78 is 2.52. The van der Waals surface area contributed by atoms with Gasteiger partial charge in [-0.3, -0.25) is 0 Å². The number of rotatable bonds is 0. The average Bonchev–Trinajstić information content (AvgIpc) is 2.36. The lowest BCUT2D eigenvalue weighted by Crippen LogP contribution is -1.78. The minimum atomic E-state index is 1.04. The predicted octanol–water partition coefficient (Wildman–Crippen LogP) is 2.77. The van der Waals surface area contributed by atoms with Crippen LogP contribution >= 0.6 is 45.2 Å². The molecule has 56 valence electrons. The van der Waals surface area contributed by atoms with E-state index in [1.807, 2.05) is 0 Å². The van der Waals surface area contributed by atoms with E-state index in [1.54, 1.807) is 6.33 Å². The summed E-state index contributed by atoms with van der Waals surface area (Å²) in [5, 5.41) is 0. The molecule has 0 saturated carbocycles. The molecule has 1 heterocycles. The summed E-state index contributed by atoms with van der Waals surface area (Å²) in [5.74, 6) is 0. The smallest absolute Gasteiger partial charge is 0.0931 e. The molecule has 0 aliphatic carbocycles. The average molecular weight is 370 g/mol. The van der Waals surface area contributed by atoms with Crippen LogP contribution in [0.4, 0.5) is 0 Å². The van der Waals surface area contributed by atoms with E-state index in [0.29, 0.717) is 0 Å². The Morgan fingerprint density at radius 2 is 1.91 bits per heavy atom. The number of aromatic amines is 1. The molecule has 4 heteroatoms. The second kappa shape index (κ2) is 2.89. The number of H-pyrrole nitrogens is 1. The number of fused-ring (bicyclic) bond motifs is 1. The molecule has 0 spiro atoms. The van der Waals surface area contributed by atoms with Gasteiger partial charge in [0.25, 0.3) is 0 Å². The summed E-state index contributed by atoms with van der Waals surface area (Å²) in [7, 11) is 0. The molecule has 1 N–H and O–H groups in total. The maximum atomic E-state index is 4.16. The minimum Gasteiger partial charge on any atom is -0.345 e. The monoisotopic (exact) mass is 370 g/mol. The zero-order chi connectivity index (χ0) is 7.84. The van der Waals surface area contributed by atoms with Crippen LogP contribution in [0.3, 0.4) is 0 Å². The van der Waals surface area contributed by atoms with Crippen LogP contribution < -0.4 is 0 Å². The van der Waals surface area contributed by atoms with Crippen LogP contribution in [0.2, 0.25) is 0 Å². The molecule has 0 radical (unpaired) electrons. The third-order valence-electron chi connectivity index (χ3n) is 1.46. The highest BCUT2D eigenvalue weighted by Gasteiger charge is 2.00.